The first-order valence-corrected chi connectivity index (χ1v) is 11.8. The normalized spacial score (nSPS) is 11.7. The number of nitrogens with one attached hydrogen (secondary N) is 3. The topological polar surface area (TPSA) is 107 Å². The highest BCUT2D eigenvalue weighted by molar-refractivity contribution is 7.89. The Morgan fingerprint density at radius 3 is 2.71 bits per heavy atom. The Kier molecular flexibility index (Phi) is 5.77. The number of amides is 1. The van der Waals surface area contributed by atoms with E-state index in [4.69, 9.17) is 0 Å². The average molecular weight is 456 g/mol. The maximum Gasteiger partial charge on any atom is 0.255 e. The fourth-order valence-corrected chi connectivity index (χ4v) is 4.65. The Hall–Kier alpha value is -3.21. The lowest BCUT2D eigenvalue weighted by atomic mass is 10.1. The third kappa shape index (κ3) is 4.61. The SMILES string of the molecule is CN(C)S(=O)(=O)c1cc(NCc2ccsc2)cc(C(=O)Nc2ccc3cn[nH]c3c2)c1. The first-order valence-electron chi connectivity index (χ1n) is 9.40. The molecule has 10 heteroatoms. The van der Waals surface area contributed by atoms with Gasteiger partial charge in [-0.2, -0.15) is 16.4 Å². The third-order valence-corrected chi connectivity index (χ3v) is 7.25. The van der Waals surface area contributed by atoms with E-state index in [1.165, 1.54) is 26.2 Å². The zero-order chi connectivity index (χ0) is 22.0. The number of sulfonamides is 1. The molecule has 0 bridgehead atoms. The molecule has 1 amide bonds. The number of hydrogen-bond acceptors (Lipinski definition) is 6. The van der Waals surface area contributed by atoms with E-state index in [9.17, 15) is 13.2 Å². The standard InChI is InChI=1S/C21H21N5O3S2/c1-26(2)31(28,29)19-8-16(7-18(9-19)22-11-14-5-6-30-13-14)21(27)24-17-4-3-15-12-23-25-20(15)10-17/h3-10,12-13,22H,11H2,1-2H3,(H,23,25)(H,24,27). The van der Waals surface area contributed by atoms with Gasteiger partial charge in [-0.1, -0.05) is 0 Å². The van der Waals surface area contributed by atoms with E-state index in [1.807, 2.05) is 22.9 Å². The van der Waals surface area contributed by atoms with Crippen LogP contribution >= 0.6 is 11.3 Å². The highest BCUT2D eigenvalue weighted by atomic mass is 32.2. The number of rotatable bonds is 7. The zero-order valence-corrected chi connectivity index (χ0v) is 18.5. The van der Waals surface area contributed by atoms with E-state index in [1.54, 1.807) is 35.7 Å². The van der Waals surface area contributed by atoms with Gasteiger partial charge in [0.25, 0.3) is 5.91 Å². The van der Waals surface area contributed by atoms with E-state index in [-0.39, 0.29) is 10.5 Å². The molecule has 0 aliphatic rings. The van der Waals surface area contributed by atoms with Crippen LogP contribution in [0.1, 0.15) is 15.9 Å². The van der Waals surface area contributed by atoms with Gasteiger partial charge in [0, 0.05) is 43.0 Å². The molecule has 4 aromatic rings. The van der Waals surface area contributed by atoms with Crippen molar-refractivity contribution in [2.45, 2.75) is 11.4 Å². The predicted octanol–water partition coefficient (Wildman–Crippen LogP) is 3.74. The number of aromatic amines is 1. The van der Waals surface area contributed by atoms with Crippen molar-refractivity contribution in [1.82, 2.24) is 14.5 Å². The van der Waals surface area contributed by atoms with Crippen molar-refractivity contribution in [1.29, 1.82) is 0 Å². The van der Waals surface area contributed by atoms with E-state index in [0.29, 0.717) is 17.9 Å². The van der Waals surface area contributed by atoms with Gasteiger partial charge in [0.15, 0.2) is 0 Å². The second-order valence-electron chi connectivity index (χ2n) is 7.14. The van der Waals surface area contributed by atoms with Crippen LogP contribution in [0.3, 0.4) is 0 Å². The number of aromatic nitrogens is 2. The van der Waals surface area contributed by atoms with Crippen molar-refractivity contribution in [2.24, 2.45) is 0 Å². The maximum atomic E-state index is 13.0. The number of thiophene rings is 1. The Morgan fingerprint density at radius 2 is 1.97 bits per heavy atom. The first kappa shape index (κ1) is 21.0. The molecule has 2 heterocycles. The second kappa shape index (κ2) is 8.50. The van der Waals surface area contributed by atoms with Crippen LogP contribution in [0.15, 0.2) is 64.3 Å². The van der Waals surface area contributed by atoms with Crippen molar-refractivity contribution in [2.75, 3.05) is 24.7 Å². The van der Waals surface area contributed by atoms with Gasteiger partial charge in [-0.15, -0.1) is 0 Å². The Labute approximate surface area is 184 Å². The number of H-pyrrole nitrogens is 1. The Morgan fingerprint density at radius 1 is 1.13 bits per heavy atom. The minimum Gasteiger partial charge on any atom is -0.381 e. The quantitative estimate of drug-likeness (QED) is 0.394. The summed E-state index contributed by atoms with van der Waals surface area (Å²) in [5.41, 5.74) is 3.23. The summed E-state index contributed by atoms with van der Waals surface area (Å²) in [4.78, 5) is 13.0. The molecule has 160 valence electrons. The highest BCUT2D eigenvalue weighted by Crippen LogP contribution is 2.24. The molecule has 0 atom stereocenters. The smallest absolute Gasteiger partial charge is 0.255 e. The van der Waals surface area contributed by atoms with Crippen LogP contribution in [0.4, 0.5) is 11.4 Å². The molecule has 0 spiro atoms. The third-order valence-electron chi connectivity index (χ3n) is 4.72. The summed E-state index contributed by atoms with van der Waals surface area (Å²) in [7, 11) is -0.803. The molecule has 31 heavy (non-hydrogen) atoms. The minimum atomic E-state index is -3.72. The van der Waals surface area contributed by atoms with Crippen LogP contribution in [-0.4, -0.2) is 42.9 Å². The van der Waals surface area contributed by atoms with Crippen molar-refractivity contribution in [3.05, 3.63) is 70.5 Å². The summed E-state index contributed by atoms with van der Waals surface area (Å²) >= 11 is 1.58. The molecular formula is C21H21N5O3S2. The van der Waals surface area contributed by atoms with Gasteiger partial charge in [0.05, 0.1) is 16.6 Å². The van der Waals surface area contributed by atoms with Gasteiger partial charge < -0.3 is 10.6 Å². The number of nitrogens with zero attached hydrogens (tertiary/aromatic N) is 2. The van der Waals surface area contributed by atoms with Crippen LogP contribution < -0.4 is 10.6 Å². The summed E-state index contributed by atoms with van der Waals surface area (Å²) in [6.07, 6.45) is 1.70. The van der Waals surface area contributed by atoms with E-state index in [2.05, 4.69) is 20.8 Å². The molecule has 4 rings (SSSR count). The fraction of sp³-hybridized carbons (Fsp3) is 0.143. The molecule has 2 aromatic carbocycles. The summed E-state index contributed by atoms with van der Waals surface area (Å²) in [5, 5.41) is 17.8. The van der Waals surface area contributed by atoms with Gasteiger partial charge in [0.1, 0.15) is 0 Å². The molecule has 0 radical (unpaired) electrons. The van der Waals surface area contributed by atoms with Crippen LogP contribution in [-0.2, 0) is 16.6 Å². The van der Waals surface area contributed by atoms with Crippen molar-refractivity contribution in [3.8, 4) is 0 Å². The van der Waals surface area contributed by atoms with Crippen molar-refractivity contribution < 1.29 is 13.2 Å². The molecule has 0 unspecified atom stereocenters. The summed E-state index contributed by atoms with van der Waals surface area (Å²) < 4.78 is 26.6. The van der Waals surface area contributed by atoms with E-state index >= 15 is 0 Å². The maximum absolute atomic E-state index is 13.0. The lowest BCUT2D eigenvalue weighted by molar-refractivity contribution is 0.102. The number of benzene rings is 2. The van der Waals surface area contributed by atoms with Crippen LogP contribution in [0.25, 0.3) is 10.9 Å². The number of carbonyl (C=O) groups is 1. The van der Waals surface area contributed by atoms with Gasteiger partial charge in [0.2, 0.25) is 10.0 Å². The molecule has 8 nitrogen and oxygen atoms in total. The van der Waals surface area contributed by atoms with Crippen LogP contribution in [0, 0.1) is 0 Å². The molecule has 0 saturated carbocycles. The number of fused-ring (bicyclic) bond motifs is 1. The highest BCUT2D eigenvalue weighted by Gasteiger charge is 2.21. The second-order valence-corrected chi connectivity index (χ2v) is 10.1. The number of carbonyl (C=O) groups excluding carboxylic acids is 1. The Balaban J connectivity index is 1.65. The monoisotopic (exact) mass is 455 g/mol. The summed E-state index contributed by atoms with van der Waals surface area (Å²) in [6.45, 7) is 0.520. The molecular weight excluding hydrogens is 434 g/mol. The summed E-state index contributed by atoms with van der Waals surface area (Å²) in [5.74, 6) is -0.409. The average Bonchev–Trinajstić information content (AvgIpc) is 3.43. The molecule has 3 N–H and O–H groups in total. The van der Waals surface area contributed by atoms with Crippen molar-refractivity contribution in [3.63, 3.8) is 0 Å². The minimum absolute atomic E-state index is 0.0435. The molecule has 0 saturated heterocycles. The molecule has 0 aliphatic heterocycles. The lowest BCUT2D eigenvalue weighted by Crippen LogP contribution is -2.23. The van der Waals surface area contributed by atoms with Crippen LogP contribution in [0.2, 0.25) is 0 Å². The van der Waals surface area contributed by atoms with Gasteiger partial charge >= 0.3 is 0 Å². The van der Waals surface area contributed by atoms with E-state index < -0.39 is 15.9 Å². The first-order chi connectivity index (χ1) is 14.8. The predicted molar refractivity (Wildman–Crippen MR) is 123 cm³/mol. The zero-order valence-electron chi connectivity index (χ0n) is 16.9. The molecule has 2 aromatic heterocycles. The summed E-state index contributed by atoms with van der Waals surface area (Å²) in [6, 6.07) is 11.9. The van der Waals surface area contributed by atoms with Gasteiger partial charge in [-0.3, -0.25) is 9.89 Å². The van der Waals surface area contributed by atoms with Crippen molar-refractivity contribution >= 4 is 49.5 Å². The van der Waals surface area contributed by atoms with Gasteiger partial charge in [-0.05, 0) is 58.8 Å². The Bertz CT molecular complexity index is 1330. The van der Waals surface area contributed by atoms with Gasteiger partial charge in [-0.25, -0.2) is 12.7 Å². The largest absolute Gasteiger partial charge is 0.381 e. The number of hydrogen-bond donors (Lipinski definition) is 3. The fourth-order valence-electron chi connectivity index (χ4n) is 3.01. The van der Waals surface area contributed by atoms with E-state index in [0.717, 1.165) is 20.8 Å². The van der Waals surface area contributed by atoms with Crippen LogP contribution in [0.5, 0.6) is 0 Å². The molecule has 0 aliphatic carbocycles. The lowest BCUT2D eigenvalue weighted by Gasteiger charge is -2.15. The number of anilines is 2. The molecule has 0 fully saturated rings.